The molecule has 1 aromatic carbocycles. The van der Waals surface area contributed by atoms with Gasteiger partial charge >= 0.3 is 7.12 Å². The molecule has 1 aliphatic heterocycles. The highest BCUT2D eigenvalue weighted by Crippen LogP contribution is 2.39. The number of benzene rings is 1. The fourth-order valence-corrected chi connectivity index (χ4v) is 2.57. The van der Waals surface area contributed by atoms with E-state index < -0.39 is 18.3 Å². The lowest BCUT2D eigenvalue weighted by Gasteiger charge is -2.32. The molecule has 1 aliphatic rings. The Morgan fingerprint density at radius 1 is 1.26 bits per heavy atom. The molecule has 1 heterocycles. The van der Waals surface area contributed by atoms with Gasteiger partial charge in [0, 0.05) is 5.75 Å². The molecule has 0 atom stereocenters. The molecule has 1 aromatic rings. The fraction of sp³-hybridized carbons (Fsp3) is 0.471. The molecule has 124 valence electrons. The summed E-state index contributed by atoms with van der Waals surface area (Å²) in [5.41, 5.74) is 1.51. The van der Waals surface area contributed by atoms with Crippen molar-refractivity contribution in [3.05, 3.63) is 34.8 Å². The van der Waals surface area contributed by atoms with Crippen molar-refractivity contribution in [1.29, 1.82) is 0 Å². The molecule has 6 heteroatoms. The lowest BCUT2D eigenvalue weighted by atomic mass is 9.78. The Labute approximate surface area is 143 Å². The third kappa shape index (κ3) is 3.65. The van der Waals surface area contributed by atoms with E-state index in [0.29, 0.717) is 17.1 Å². The standard InChI is InChI=1S/C17H23BO4S/c1-16(2)17(3,4)22-18(21-16)14(11-23)9-12-6-7-15(20-5)13(8-12)10-19/h6-10,23H,11H2,1-5H3. The SMILES string of the molecule is COc1ccc(C=C(CS)B2OC(C)(C)C(C)(C)O2)cc1C=O. The summed E-state index contributed by atoms with van der Waals surface area (Å²) in [5, 5.41) is 0. The zero-order valence-corrected chi connectivity index (χ0v) is 15.1. The zero-order chi connectivity index (χ0) is 17.3. The molecule has 2 rings (SSSR count). The maximum absolute atomic E-state index is 11.2. The molecular formula is C17H23BO4S. The first-order chi connectivity index (χ1) is 10.7. The molecule has 23 heavy (non-hydrogen) atoms. The summed E-state index contributed by atoms with van der Waals surface area (Å²) < 4.78 is 17.3. The van der Waals surface area contributed by atoms with Crippen molar-refractivity contribution in [3.63, 3.8) is 0 Å². The quantitative estimate of drug-likeness (QED) is 0.509. The van der Waals surface area contributed by atoms with Crippen LogP contribution in [0.1, 0.15) is 43.6 Å². The predicted molar refractivity (Wildman–Crippen MR) is 96.3 cm³/mol. The summed E-state index contributed by atoms with van der Waals surface area (Å²) in [6.07, 6.45) is 2.73. The normalized spacial score (nSPS) is 19.7. The highest BCUT2D eigenvalue weighted by Gasteiger charge is 2.52. The van der Waals surface area contributed by atoms with Crippen LogP contribution in [0.25, 0.3) is 6.08 Å². The number of rotatable bonds is 5. The highest BCUT2D eigenvalue weighted by molar-refractivity contribution is 7.80. The maximum atomic E-state index is 11.2. The topological polar surface area (TPSA) is 44.8 Å². The summed E-state index contributed by atoms with van der Waals surface area (Å²) in [4.78, 5) is 11.2. The van der Waals surface area contributed by atoms with Gasteiger partial charge in [-0.3, -0.25) is 4.79 Å². The van der Waals surface area contributed by atoms with Crippen molar-refractivity contribution in [1.82, 2.24) is 0 Å². The molecule has 1 saturated heterocycles. The van der Waals surface area contributed by atoms with Crippen molar-refractivity contribution in [2.75, 3.05) is 12.9 Å². The second-order valence-corrected chi connectivity index (χ2v) is 6.90. The largest absolute Gasteiger partial charge is 0.496 e. The molecule has 0 aliphatic carbocycles. The summed E-state index contributed by atoms with van der Waals surface area (Å²) >= 11 is 4.40. The van der Waals surface area contributed by atoms with E-state index in [1.54, 1.807) is 19.2 Å². The number of hydrogen-bond acceptors (Lipinski definition) is 5. The van der Waals surface area contributed by atoms with E-state index in [0.717, 1.165) is 17.3 Å². The van der Waals surface area contributed by atoms with E-state index in [1.807, 2.05) is 39.8 Å². The second kappa shape index (κ2) is 6.71. The van der Waals surface area contributed by atoms with Gasteiger partial charge in [-0.15, -0.1) is 0 Å². The number of hydrogen-bond donors (Lipinski definition) is 1. The Bertz CT molecular complexity index is 609. The summed E-state index contributed by atoms with van der Waals surface area (Å²) in [7, 11) is 1.10. The Kier molecular flexibility index (Phi) is 5.28. The average Bonchev–Trinajstić information content (AvgIpc) is 2.72. The summed E-state index contributed by atoms with van der Waals surface area (Å²) in [6.45, 7) is 8.06. The van der Waals surface area contributed by atoms with Gasteiger partial charge in [0.05, 0.1) is 23.9 Å². The van der Waals surface area contributed by atoms with Crippen LogP contribution >= 0.6 is 12.6 Å². The number of aldehydes is 1. The summed E-state index contributed by atoms with van der Waals surface area (Å²) in [5.74, 6) is 1.06. The number of methoxy groups -OCH3 is 1. The van der Waals surface area contributed by atoms with Gasteiger partial charge < -0.3 is 14.0 Å². The van der Waals surface area contributed by atoms with Crippen LogP contribution < -0.4 is 4.74 Å². The number of ether oxygens (including phenoxy) is 1. The Hall–Kier alpha value is -1.24. The fourth-order valence-electron chi connectivity index (χ4n) is 2.33. The van der Waals surface area contributed by atoms with Crippen LogP contribution in [0.3, 0.4) is 0 Å². The van der Waals surface area contributed by atoms with E-state index in [-0.39, 0.29) is 0 Å². The molecule has 0 bridgehead atoms. The van der Waals surface area contributed by atoms with E-state index >= 15 is 0 Å². The minimum absolute atomic E-state index is 0.395. The van der Waals surface area contributed by atoms with Crippen LogP contribution in [0, 0.1) is 0 Å². The first kappa shape index (κ1) is 18.1. The van der Waals surface area contributed by atoms with Crippen LogP contribution in [0.2, 0.25) is 0 Å². The first-order valence-corrected chi connectivity index (χ1v) is 8.17. The lowest BCUT2D eigenvalue weighted by molar-refractivity contribution is 0.00578. The molecule has 0 N–H and O–H groups in total. The first-order valence-electron chi connectivity index (χ1n) is 7.54. The molecule has 4 nitrogen and oxygen atoms in total. The second-order valence-electron chi connectivity index (χ2n) is 6.58. The Morgan fingerprint density at radius 3 is 2.35 bits per heavy atom. The Balaban J connectivity index is 2.32. The van der Waals surface area contributed by atoms with E-state index in [9.17, 15) is 4.79 Å². The van der Waals surface area contributed by atoms with E-state index in [2.05, 4.69) is 12.6 Å². The third-order valence-electron chi connectivity index (χ3n) is 4.47. The van der Waals surface area contributed by atoms with Gasteiger partial charge in [0.1, 0.15) is 5.75 Å². The van der Waals surface area contributed by atoms with Gasteiger partial charge in [-0.1, -0.05) is 12.1 Å². The van der Waals surface area contributed by atoms with Crippen LogP contribution in [0.5, 0.6) is 5.75 Å². The molecule has 0 radical (unpaired) electrons. The number of carbonyl (C=O) groups is 1. The molecule has 0 unspecified atom stereocenters. The van der Waals surface area contributed by atoms with E-state index in [1.165, 1.54) is 0 Å². The van der Waals surface area contributed by atoms with Gasteiger partial charge in [-0.05, 0) is 50.9 Å². The maximum Gasteiger partial charge on any atom is 0.491 e. The predicted octanol–water partition coefficient (Wildman–Crippen LogP) is 3.45. The van der Waals surface area contributed by atoms with Crippen LogP contribution in [0.4, 0.5) is 0 Å². The van der Waals surface area contributed by atoms with Crippen molar-refractivity contribution < 1.29 is 18.8 Å². The molecule has 0 aromatic heterocycles. The minimum atomic E-state index is -0.445. The monoisotopic (exact) mass is 334 g/mol. The van der Waals surface area contributed by atoms with Crippen molar-refractivity contribution in [2.24, 2.45) is 0 Å². The van der Waals surface area contributed by atoms with Gasteiger partial charge in [0.25, 0.3) is 0 Å². The van der Waals surface area contributed by atoms with Crippen molar-refractivity contribution in [2.45, 2.75) is 38.9 Å². The third-order valence-corrected chi connectivity index (χ3v) is 4.84. The number of carbonyl (C=O) groups excluding carboxylic acids is 1. The van der Waals surface area contributed by atoms with Gasteiger partial charge in [-0.2, -0.15) is 12.6 Å². The van der Waals surface area contributed by atoms with Gasteiger partial charge in [-0.25, -0.2) is 0 Å². The van der Waals surface area contributed by atoms with Crippen LogP contribution in [-0.2, 0) is 9.31 Å². The average molecular weight is 334 g/mol. The minimum Gasteiger partial charge on any atom is -0.496 e. The lowest BCUT2D eigenvalue weighted by Crippen LogP contribution is -2.41. The van der Waals surface area contributed by atoms with Gasteiger partial charge in [0.2, 0.25) is 0 Å². The molecule has 0 saturated carbocycles. The molecule has 0 spiro atoms. The molecular weight excluding hydrogens is 311 g/mol. The molecule has 1 fully saturated rings. The molecule has 0 amide bonds. The van der Waals surface area contributed by atoms with Crippen LogP contribution in [-0.4, -0.2) is 37.5 Å². The summed E-state index contributed by atoms with van der Waals surface area (Å²) in [6, 6.07) is 5.44. The Morgan fingerprint density at radius 2 is 1.87 bits per heavy atom. The van der Waals surface area contributed by atoms with Gasteiger partial charge in [0.15, 0.2) is 6.29 Å². The van der Waals surface area contributed by atoms with Crippen molar-refractivity contribution >= 4 is 32.1 Å². The number of thiol groups is 1. The zero-order valence-electron chi connectivity index (χ0n) is 14.3. The van der Waals surface area contributed by atoms with Crippen molar-refractivity contribution in [3.8, 4) is 5.75 Å². The van der Waals surface area contributed by atoms with E-state index in [4.69, 9.17) is 14.0 Å². The smallest absolute Gasteiger partial charge is 0.491 e. The highest BCUT2D eigenvalue weighted by atomic mass is 32.1. The van der Waals surface area contributed by atoms with Crippen LogP contribution in [0.15, 0.2) is 23.7 Å².